The fourth-order valence-electron chi connectivity index (χ4n) is 8.45. The molecule has 212 valence electrons. The number of anilines is 3. The topological polar surface area (TPSA) is 27.0 Å². The summed E-state index contributed by atoms with van der Waals surface area (Å²) in [6.45, 7) is 0. The lowest BCUT2D eigenvalue weighted by Gasteiger charge is -2.28. The Kier molecular flexibility index (Phi) is 5.02. The maximum atomic E-state index is 9.35. The minimum absolute atomic E-state index is 0.278. The zero-order chi connectivity index (χ0) is 30.4. The smallest absolute Gasteiger partial charge is 0.0991 e. The quantitative estimate of drug-likeness (QED) is 0.206. The molecule has 7 aromatic rings. The van der Waals surface area contributed by atoms with Gasteiger partial charge in [0, 0.05) is 17.1 Å². The summed E-state index contributed by atoms with van der Waals surface area (Å²) >= 11 is 0. The van der Waals surface area contributed by atoms with Crippen LogP contribution in [0.1, 0.15) is 27.8 Å². The molecule has 3 aliphatic carbocycles. The number of para-hydroxylation sites is 1. The third-order valence-electron chi connectivity index (χ3n) is 10.2. The molecule has 7 aromatic carbocycles. The molecule has 0 radical (unpaired) electrons. The zero-order valence-corrected chi connectivity index (χ0v) is 24.9. The molecule has 0 bridgehead atoms. The van der Waals surface area contributed by atoms with Crippen LogP contribution in [-0.2, 0) is 5.41 Å². The Morgan fingerprint density at radius 1 is 0.413 bits per heavy atom. The van der Waals surface area contributed by atoms with Crippen molar-refractivity contribution in [3.8, 4) is 50.6 Å². The summed E-state index contributed by atoms with van der Waals surface area (Å²) in [5.74, 6) is 0. The van der Waals surface area contributed by atoms with Crippen molar-refractivity contribution in [2.75, 3.05) is 4.90 Å². The van der Waals surface area contributed by atoms with E-state index in [1.54, 1.807) is 0 Å². The van der Waals surface area contributed by atoms with Crippen LogP contribution in [0.4, 0.5) is 17.1 Å². The average Bonchev–Trinajstić information content (AvgIpc) is 3.72. The van der Waals surface area contributed by atoms with E-state index in [-0.39, 0.29) is 5.41 Å². The second-order valence-corrected chi connectivity index (χ2v) is 12.4. The first kappa shape index (κ1) is 25.2. The highest BCUT2D eigenvalue weighted by Crippen LogP contribution is 2.69. The molecule has 0 aromatic heterocycles. The van der Waals surface area contributed by atoms with Gasteiger partial charge in [0.1, 0.15) is 0 Å². The predicted octanol–water partition coefficient (Wildman–Crippen LogP) is 11.0. The van der Waals surface area contributed by atoms with Crippen LogP contribution < -0.4 is 4.90 Å². The molecular weight excluding hydrogens is 556 g/mol. The Balaban J connectivity index is 1.13. The van der Waals surface area contributed by atoms with Crippen molar-refractivity contribution in [1.29, 1.82) is 5.26 Å². The van der Waals surface area contributed by atoms with Gasteiger partial charge in [-0.2, -0.15) is 5.26 Å². The van der Waals surface area contributed by atoms with E-state index in [0.29, 0.717) is 5.56 Å². The first-order valence-corrected chi connectivity index (χ1v) is 15.8. The highest BCUT2D eigenvalue weighted by molar-refractivity contribution is 6.06. The molecule has 0 fully saturated rings. The lowest BCUT2D eigenvalue weighted by molar-refractivity contribution is 0.818. The SMILES string of the molecule is N#Cc1ccc(N(c2ccccc2)c2ccc(-c3ccc4c(c3)C35c6ccccc6-c6cccc(c63)-c3cccc-4c35)cc2)cc1. The van der Waals surface area contributed by atoms with Gasteiger partial charge in [-0.05, 0) is 121 Å². The fraction of sp³-hybridized carbons (Fsp3) is 0.0227. The lowest BCUT2D eigenvalue weighted by Crippen LogP contribution is -2.23. The molecule has 0 heterocycles. The number of benzene rings is 7. The molecule has 2 nitrogen and oxygen atoms in total. The summed E-state index contributed by atoms with van der Waals surface area (Å²) in [7, 11) is 0. The molecule has 46 heavy (non-hydrogen) atoms. The van der Waals surface area contributed by atoms with E-state index >= 15 is 0 Å². The summed E-state index contributed by atoms with van der Waals surface area (Å²) in [5, 5.41) is 9.35. The summed E-state index contributed by atoms with van der Waals surface area (Å²) < 4.78 is 0. The lowest BCUT2D eigenvalue weighted by atomic mass is 9.73. The highest BCUT2D eigenvalue weighted by Gasteiger charge is 2.57. The van der Waals surface area contributed by atoms with Crippen molar-refractivity contribution in [2.45, 2.75) is 5.41 Å². The molecule has 2 heteroatoms. The van der Waals surface area contributed by atoms with E-state index in [1.165, 1.54) is 66.8 Å². The second-order valence-electron chi connectivity index (χ2n) is 12.4. The largest absolute Gasteiger partial charge is 0.311 e. The van der Waals surface area contributed by atoms with Crippen LogP contribution in [0.25, 0.3) is 44.5 Å². The number of nitriles is 1. The van der Waals surface area contributed by atoms with E-state index in [4.69, 9.17) is 0 Å². The van der Waals surface area contributed by atoms with Gasteiger partial charge >= 0.3 is 0 Å². The van der Waals surface area contributed by atoms with Crippen LogP contribution >= 0.6 is 0 Å². The summed E-state index contributed by atoms with van der Waals surface area (Å²) in [4.78, 5) is 2.23. The van der Waals surface area contributed by atoms with E-state index in [9.17, 15) is 5.26 Å². The Morgan fingerprint density at radius 2 is 0.913 bits per heavy atom. The van der Waals surface area contributed by atoms with Gasteiger partial charge in [0.2, 0.25) is 0 Å². The van der Waals surface area contributed by atoms with Gasteiger partial charge < -0.3 is 4.90 Å². The maximum Gasteiger partial charge on any atom is 0.0991 e. The van der Waals surface area contributed by atoms with Gasteiger partial charge in [-0.3, -0.25) is 0 Å². The van der Waals surface area contributed by atoms with Crippen LogP contribution in [0.5, 0.6) is 0 Å². The van der Waals surface area contributed by atoms with Crippen molar-refractivity contribution >= 4 is 17.1 Å². The van der Waals surface area contributed by atoms with Gasteiger partial charge in [-0.1, -0.05) is 103 Å². The number of hydrogen-bond donors (Lipinski definition) is 0. The predicted molar refractivity (Wildman–Crippen MR) is 187 cm³/mol. The molecule has 0 saturated heterocycles. The molecule has 1 atom stereocenters. The average molecular weight is 583 g/mol. The van der Waals surface area contributed by atoms with E-state index < -0.39 is 0 Å². The molecule has 10 rings (SSSR count). The molecule has 1 unspecified atom stereocenters. The Hall–Kier alpha value is -6.17. The standard InChI is InChI=1S/C44H26N2/c45-27-28-16-21-32(22-17-28)46(31-8-2-1-3-9-31)33-23-18-29(19-24-33)30-20-25-35-37-12-7-14-39-38-13-6-11-36-34-10-4-5-15-40(34)44(42(36)38,43(37)39)41(35)26-30/h1-26H. The number of fused-ring (bicyclic) bond motifs is 5. The van der Waals surface area contributed by atoms with Crippen molar-refractivity contribution < 1.29 is 0 Å². The minimum Gasteiger partial charge on any atom is -0.311 e. The fourth-order valence-corrected chi connectivity index (χ4v) is 8.45. The van der Waals surface area contributed by atoms with Crippen molar-refractivity contribution in [1.82, 2.24) is 0 Å². The first-order valence-electron chi connectivity index (χ1n) is 15.8. The van der Waals surface area contributed by atoms with Crippen LogP contribution in [0, 0.1) is 11.3 Å². The monoisotopic (exact) mass is 582 g/mol. The van der Waals surface area contributed by atoms with Gasteiger partial charge in [0.25, 0.3) is 0 Å². The molecule has 0 aliphatic heterocycles. The number of hydrogen-bond acceptors (Lipinski definition) is 2. The zero-order valence-electron chi connectivity index (χ0n) is 24.9. The van der Waals surface area contributed by atoms with E-state index in [1.807, 2.05) is 30.3 Å². The van der Waals surface area contributed by atoms with Crippen molar-refractivity contribution in [2.24, 2.45) is 0 Å². The Bertz CT molecular complexity index is 2380. The van der Waals surface area contributed by atoms with Gasteiger partial charge in [0.15, 0.2) is 0 Å². The van der Waals surface area contributed by atoms with Crippen LogP contribution in [-0.4, -0.2) is 0 Å². The third kappa shape index (κ3) is 3.14. The molecule has 0 amide bonds. The van der Waals surface area contributed by atoms with Gasteiger partial charge in [0.05, 0.1) is 17.0 Å². The minimum atomic E-state index is -0.278. The highest BCUT2D eigenvalue weighted by atomic mass is 15.1. The number of nitrogens with zero attached hydrogens (tertiary/aromatic N) is 2. The number of rotatable bonds is 4. The first-order chi connectivity index (χ1) is 22.8. The van der Waals surface area contributed by atoms with E-state index in [2.05, 4.69) is 138 Å². The molecule has 0 saturated carbocycles. The summed E-state index contributed by atoms with van der Waals surface area (Å²) in [5.41, 5.74) is 19.8. The van der Waals surface area contributed by atoms with Gasteiger partial charge in [-0.25, -0.2) is 0 Å². The normalized spacial score (nSPS) is 15.5. The maximum absolute atomic E-state index is 9.35. The summed E-state index contributed by atoms with van der Waals surface area (Å²) in [6, 6.07) is 59.1. The molecule has 0 N–H and O–H groups in total. The second kappa shape index (κ2) is 9.17. The Morgan fingerprint density at radius 3 is 1.57 bits per heavy atom. The van der Waals surface area contributed by atoms with Crippen molar-refractivity contribution in [3.63, 3.8) is 0 Å². The molecule has 1 spiro atoms. The Labute approximate surface area is 268 Å². The molecular formula is C44H26N2. The van der Waals surface area contributed by atoms with E-state index in [0.717, 1.165) is 17.1 Å². The third-order valence-corrected chi connectivity index (χ3v) is 10.2. The van der Waals surface area contributed by atoms with Gasteiger partial charge in [-0.15, -0.1) is 0 Å². The summed E-state index contributed by atoms with van der Waals surface area (Å²) in [6.07, 6.45) is 0. The molecule has 3 aliphatic rings. The van der Waals surface area contributed by atoms with Crippen LogP contribution in [0.15, 0.2) is 158 Å². The van der Waals surface area contributed by atoms with Crippen LogP contribution in [0.3, 0.4) is 0 Å². The van der Waals surface area contributed by atoms with Crippen LogP contribution in [0.2, 0.25) is 0 Å². The van der Waals surface area contributed by atoms with Crippen molar-refractivity contribution in [3.05, 3.63) is 186 Å².